The average Bonchev–Trinajstić information content (AvgIpc) is 2.26. The molecule has 1 unspecified atom stereocenters. The van der Waals surface area contributed by atoms with Gasteiger partial charge in [0.25, 0.3) is 0 Å². The summed E-state index contributed by atoms with van der Waals surface area (Å²) in [6.45, 7) is 7.81. The molecule has 1 heterocycles. The number of hydrogen-bond acceptors (Lipinski definition) is 3. The van der Waals surface area contributed by atoms with E-state index in [1.165, 1.54) is 22.6 Å². The van der Waals surface area contributed by atoms with Crippen LogP contribution in [0.5, 0.6) is 0 Å². The summed E-state index contributed by atoms with van der Waals surface area (Å²) in [6.07, 6.45) is 1.23. The highest BCUT2D eigenvalue weighted by Crippen LogP contribution is 2.26. The zero-order chi connectivity index (χ0) is 14.1. The SMILES string of the molecule is CC(N(C)S(=O)(=O)c1ccc(=O)[nH]c1)C(C)(C)C. The molecule has 0 aliphatic heterocycles. The van der Waals surface area contributed by atoms with Crippen LogP contribution in [0.2, 0.25) is 0 Å². The fraction of sp³-hybridized carbons (Fsp3) is 0.583. The van der Waals surface area contributed by atoms with Crippen molar-refractivity contribution in [2.45, 2.75) is 38.6 Å². The van der Waals surface area contributed by atoms with Gasteiger partial charge >= 0.3 is 0 Å². The second-order valence-corrected chi connectivity index (χ2v) is 7.45. The second kappa shape index (κ2) is 4.85. The molecular weight excluding hydrogens is 252 g/mol. The maximum Gasteiger partial charge on any atom is 0.247 e. The highest BCUT2D eigenvalue weighted by molar-refractivity contribution is 7.89. The Labute approximate surface area is 108 Å². The molecule has 0 bridgehead atoms. The summed E-state index contributed by atoms with van der Waals surface area (Å²) >= 11 is 0. The van der Waals surface area contributed by atoms with E-state index in [-0.39, 0.29) is 21.9 Å². The number of pyridine rings is 1. The van der Waals surface area contributed by atoms with Crippen LogP contribution in [0.3, 0.4) is 0 Å². The van der Waals surface area contributed by atoms with Gasteiger partial charge in [-0.25, -0.2) is 8.42 Å². The largest absolute Gasteiger partial charge is 0.328 e. The lowest BCUT2D eigenvalue weighted by Crippen LogP contribution is -2.42. The molecule has 0 aliphatic rings. The minimum Gasteiger partial charge on any atom is -0.328 e. The van der Waals surface area contributed by atoms with Crippen molar-refractivity contribution in [2.24, 2.45) is 5.41 Å². The molecule has 1 aromatic heterocycles. The van der Waals surface area contributed by atoms with E-state index < -0.39 is 10.0 Å². The Kier molecular flexibility index (Phi) is 4.02. The number of nitrogens with zero attached hydrogens (tertiary/aromatic N) is 1. The van der Waals surface area contributed by atoms with Crippen molar-refractivity contribution in [3.8, 4) is 0 Å². The van der Waals surface area contributed by atoms with Crippen LogP contribution in [-0.2, 0) is 10.0 Å². The predicted octanol–water partition coefficient (Wildman–Crippen LogP) is 1.43. The standard InChI is InChI=1S/C12H20N2O3S/c1-9(12(2,3)4)14(5)18(16,17)10-6-7-11(15)13-8-10/h6-9H,1-5H3,(H,13,15). The molecule has 0 aromatic carbocycles. The van der Waals surface area contributed by atoms with Crippen molar-refractivity contribution in [3.05, 3.63) is 28.7 Å². The van der Waals surface area contributed by atoms with Crippen LogP contribution >= 0.6 is 0 Å². The molecule has 102 valence electrons. The first-order valence-electron chi connectivity index (χ1n) is 5.73. The van der Waals surface area contributed by atoms with Crippen molar-refractivity contribution in [3.63, 3.8) is 0 Å². The molecule has 0 amide bonds. The Morgan fingerprint density at radius 2 is 1.83 bits per heavy atom. The van der Waals surface area contributed by atoms with Gasteiger partial charge in [0.2, 0.25) is 15.6 Å². The summed E-state index contributed by atoms with van der Waals surface area (Å²) < 4.78 is 26.0. The molecule has 1 atom stereocenters. The maximum absolute atomic E-state index is 12.3. The van der Waals surface area contributed by atoms with E-state index in [0.29, 0.717) is 0 Å². The summed E-state index contributed by atoms with van der Waals surface area (Å²) in [7, 11) is -2.02. The van der Waals surface area contributed by atoms with Crippen LogP contribution < -0.4 is 5.56 Å². The first-order valence-corrected chi connectivity index (χ1v) is 7.17. The van der Waals surface area contributed by atoms with Crippen LogP contribution in [0, 0.1) is 5.41 Å². The fourth-order valence-corrected chi connectivity index (χ4v) is 2.99. The first kappa shape index (κ1) is 14.9. The van der Waals surface area contributed by atoms with E-state index in [9.17, 15) is 13.2 Å². The Morgan fingerprint density at radius 1 is 1.28 bits per heavy atom. The molecule has 1 rings (SSSR count). The van der Waals surface area contributed by atoms with E-state index in [2.05, 4.69) is 4.98 Å². The molecule has 5 nitrogen and oxygen atoms in total. The van der Waals surface area contributed by atoms with Crippen LogP contribution in [0.1, 0.15) is 27.7 Å². The van der Waals surface area contributed by atoms with E-state index >= 15 is 0 Å². The molecule has 1 N–H and O–H groups in total. The summed E-state index contributed by atoms with van der Waals surface area (Å²) in [5, 5.41) is 0. The third kappa shape index (κ3) is 3.00. The Hall–Kier alpha value is -1.14. The Morgan fingerprint density at radius 3 is 2.22 bits per heavy atom. The van der Waals surface area contributed by atoms with Gasteiger partial charge in [0.15, 0.2) is 0 Å². The summed E-state index contributed by atoms with van der Waals surface area (Å²) in [5.74, 6) is 0. The van der Waals surface area contributed by atoms with E-state index in [4.69, 9.17) is 0 Å². The highest BCUT2D eigenvalue weighted by atomic mass is 32.2. The lowest BCUT2D eigenvalue weighted by molar-refractivity contribution is 0.216. The summed E-state index contributed by atoms with van der Waals surface area (Å²) in [5.41, 5.74) is -0.482. The molecule has 0 saturated carbocycles. The average molecular weight is 272 g/mol. The number of sulfonamides is 1. The smallest absolute Gasteiger partial charge is 0.247 e. The molecule has 6 heteroatoms. The van der Waals surface area contributed by atoms with Crippen molar-refractivity contribution in [1.29, 1.82) is 0 Å². The quantitative estimate of drug-likeness (QED) is 0.905. The Bertz CT molecular complexity index is 549. The van der Waals surface area contributed by atoms with Crippen molar-refractivity contribution in [1.82, 2.24) is 9.29 Å². The number of aromatic nitrogens is 1. The highest BCUT2D eigenvalue weighted by Gasteiger charge is 2.32. The number of rotatable bonds is 3. The number of aromatic amines is 1. The monoisotopic (exact) mass is 272 g/mol. The van der Waals surface area contributed by atoms with Gasteiger partial charge < -0.3 is 4.98 Å². The van der Waals surface area contributed by atoms with Gasteiger partial charge in [-0.1, -0.05) is 20.8 Å². The zero-order valence-electron chi connectivity index (χ0n) is 11.4. The normalized spacial score (nSPS) is 14.8. The molecule has 1 aromatic rings. The van der Waals surface area contributed by atoms with E-state index in [1.54, 1.807) is 7.05 Å². The Balaban J connectivity index is 3.15. The number of nitrogens with one attached hydrogen (secondary N) is 1. The van der Waals surface area contributed by atoms with Gasteiger partial charge in [0.1, 0.15) is 0 Å². The van der Waals surface area contributed by atoms with Crippen LogP contribution in [0.4, 0.5) is 0 Å². The molecule has 0 saturated heterocycles. The van der Waals surface area contributed by atoms with Crippen LogP contribution in [0.15, 0.2) is 28.0 Å². The minimum atomic E-state index is -3.57. The zero-order valence-corrected chi connectivity index (χ0v) is 12.2. The van der Waals surface area contributed by atoms with Gasteiger partial charge in [-0.2, -0.15) is 4.31 Å². The van der Waals surface area contributed by atoms with E-state index in [1.807, 2.05) is 27.7 Å². The van der Waals surface area contributed by atoms with Crippen LogP contribution in [-0.4, -0.2) is 30.8 Å². The predicted molar refractivity (Wildman–Crippen MR) is 70.9 cm³/mol. The van der Waals surface area contributed by atoms with Crippen molar-refractivity contribution < 1.29 is 8.42 Å². The van der Waals surface area contributed by atoms with E-state index in [0.717, 1.165) is 0 Å². The second-order valence-electron chi connectivity index (χ2n) is 5.45. The molecular formula is C12H20N2O3S. The minimum absolute atomic E-state index is 0.0979. The molecule has 0 spiro atoms. The van der Waals surface area contributed by atoms with Gasteiger partial charge in [-0.05, 0) is 18.4 Å². The third-order valence-electron chi connectivity index (χ3n) is 3.23. The topological polar surface area (TPSA) is 70.2 Å². The number of H-pyrrole nitrogens is 1. The number of hydrogen-bond donors (Lipinski definition) is 1. The van der Waals surface area contributed by atoms with Gasteiger partial charge in [0.05, 0.1) is 4.90 Å². The summed E-state index contributed by atoms with van der Waals surface area (Å²) in [4.78, 5) is 13.4. The first-order chi connectivity index (χ1) is 8.06. The van der Waals surface area contributed by atoms with Gasteiger partial charge in [0, 0.05) is 25.4 Å². The summed E-state index contributed by atoms with van der Waals surface area (Å²) in [6, 6.07) is 2.37. The molecule has 0 aliphatic carbocycles. The van der Waals surface area contributed by atoms with Gasteiger partial charge in [-0.3, -0.25) is 4.79 Å². The van der Waals surface area contributed by atoms with Crippen molar-refractivity contribution in [2.75, 3.05) is 7.05 Å². The lowest BCUT2D eigenvalue weighted by Gasteiger charge is -2.34. The third-order valence-corrected chi connectivity index (χ3v) is 5.16. The molecule has 0 fully saturated rings. The van der Waals surface area contributed by atoms with Crippen molar-refractivity contribution >= 4 is 10.0 Å². The fourth-order valence-electron chi connectivity index (χ4n) is 1.48. The van der Waals surface area contributed by atoms with Gasteiger partial charge in [-0.15, -0.1) is 0 Å². The lowest BCUT2D eigenvalue weighted by atomic mass is 9.88. The van der Waals surface area contributed by atoms with Crippen LogP contribution in [0.25, 0.3) is 0 Å². The maximum atomic E-state index is 12.3. The molecule has 18 heavy (non-hydrogen) atoms. The molecule has 0 radical (unpaired) electrons.